The van der Waals surface area contributed by atoms with E-state index in [0.717, 1.165) is 56.5 Å². The Kier molecular flexibility index (Phi) is 6.47. The summed E-state index contributed by atoms with van der Waals surface area (Å²) in [5, 5.41) is 3.19. The van der Waals surface area contributed by atoms with Crippen LogP contribution < -0.4 is 5.32 Å². The van der Waals surface area contributed by atoms with Crippen LogP contribution in [0.2, 0.25) is 0 Å². The molecule has 1 aliphatic rings. The highest BCUT2D eigenvalue weighted by molar-refractivity contribution is 5.98. The number of carbonyl (C=O) groups is 1. The van der Waals surface area contributed by atoms with Gasteiger partial charge in [-0.25, -0.2) is 9.97 Å². The number of imidazole rings is 1. The minimum absolute atomic E-state index is 0. The summed E-state index contributed by atoms with van der Waals surface area (Å²) in [5.41, 5.74) is 2.97. The van der Waals surface area contributed by atoms with E-state index in [0.29, 0.717) is 23.4 Å². The first-order valence-corrected chi connectivity index (χ1v) is 10.3. The van der Waals surface area contributed by atoms with E-state index in [2.05, 4.69) is 29.1 Å². The summed E-state index contributed by atoms with van der Waals surface area (Å²) in [6, 6.07) is 2.17. The molecule has 0 aliphatic heterocycles. The van der Waals surface area contributed by atoms with Crippen LogP contribution in [0.25, 0.3) is 5.65 Å². The van der Waals surface area contributed by atoms with E-state index in [9.17, 15) is 4.79 Å². The van der Waals surface area contributed by atoms with E-state index in [1.54, 1.807) is 6.33 Å². The second kappa shape index (κ2) is 8.83. The Morgan fingerprint density at radius 3 is 2.93 bits per heavy atom. The van der Waals surface area contributed by atoms with Gasteiger partial charge < -0.3 is 10.1 Å². The quantitative estimate of drug-likeness (QED) is 0.741. The van der Waals surface area contributed by atoms with Crippen LogP contribution in [0.5, 0.6) is 0 Å². The van der Waals surface area contributed by atoms with Crippen molar-refractivity contribution in [2.24, 2.45) is 5.92 Å². The maximum atomic E-state index is 12.8. The molecule has 150 valence electrons. The predicted octanol–water partition coefficient (Wildman–Crippen LogP) is 4.09. The molecule has 6 nitrogen and oxygen atoms in total. The van der Waals surface area contributed by atoms with Gasteiger partial charge in [0.25, 0.3) is 5.91 Å². The van der Waals surface area contributed by atoms with Crippen LogP contribution in [0.3, 0.4) is 0 Å². The van der Waals surface area contributed by atoms with Crippen molar-refractivity contribution in [3.63, 3.8) is 0 Å². The van der Waals surface area contributed by atoms with E-state index >= 15 is 0 Å². The number of amides is 1. The summed E-state index contributed by atoms with van der Waals surface area (Å²) >= 11 is 0. The van der Waals surface area contributed by atoms with E-state index in [1.807, 2.05) is 24.3 Å². The van der Waals surface area contributed by atoms with Crippen LogP contribution in [0.4, 0.5) is 0 Å². The van der Waals surface area contributed by atoms with Gasteiger partial charge in [0.05, 0.1) is 6.10 Å². The van der Waals surface area contributed by atoms with Crippen molar-refractivity contribution < 1.29 is 11.0 Å². The molecule has 1 saturated carbocycles. The zero-order chi connectivity index (χ0) is 19.4. The number of hydrogen-bond donors (Lipinski definition) is 1. The monoisotopic (exact) mass is 374 g/mol. The molecule has 27 heavy (non-hydrogen) atoms. The molecule has 2 aromatic rings. The molecule has 0 saturated heterocycles. The standard InChI is InChI=1S/C21H32N4O2.H2/c1-5-7-10-27-18-9-8-17(12-16(18)6-2)24-21(26)19-20-23-14(3)11-15(4)25(20)13-22-19;/h11,13,16-18H,5-10,12H2,1-4H3,(H,24,26);1H/t16-,17-,18-;/m0./s1. The number of nitrogens with zero attached hydrogens (tertiary/aromatic N) is 3. The fourth-order valence-corrected chi connectivity index (χ4v) is 4.09. The topological polar surface area (TPSA) is 68.5 Å². The maximum Gasteiger partial charge on any atom is 0.274 e. The van der Waals surface area contributed by atoms with Crippen LogP contribution >= 0.6 is 0 Å². The summed E-state index contributed by atoms with van der Waals surface area (Å²) in [7, 11) is 0. The van der Waals surface area contributed by atoms with E-state index in [1.165, 1.54) is 0 Å². The molecule has 1 N–H and O–H groups in total. The molecule has 2 aromatic heterocycles. The molecule has 1 fully saturated rings. The van der Waals surface area contributed by atoms with Crippen molar-refractivity contribution in [1.29, 1.82) is 0 Å². The second-order valence-corrected chi connectivity index (χ2v) is 7.74. The van der Waals surface area contributed by atoms with Crippen molar-refractivity contribution in [2.75, 3.05) is 6.61 Å². The Labute approximate surface area is 163 Å². The van der Waals surface area contributed by atoms with Gasteiger partial charge in [0.1, 0.15) is 6.33 Å². The average molecular weight is 375 g/mol. The third kappa shape index (κ3) is 4.49. The number of carbonyl (C=O) groups excluding carboxylic acids is 1. The fraction of sp³-hybridized carbons (Fsp3) is 0.667. The molecule has 0 radical (unpaired) electrons. The average Bonchev–Trinajstić information content (AvgIpc) is 3.07. The molecule has 1 amide bonds. The van der Waals surface area contributed by atoms with Crippen molar-refractivity contribution in [1.82, 2.24) is 19.7 Å². The lowest BCUT2D eigenvalue weighted by atomic mass is 9.81. The molecule has 0 spiro atoms. The minimum atomic E-state index is -0.125. The number of fused-ring (bicyclic) bond motifs is 1. The Morgan fingerprint density at radius 2 is 2.19 bits per heavy atom. The first-order valence-electron chi connectivity index (χ1n) is 10.3. The number of ether oxygens (including phenoxy) is 1. The highest BCUT2D eigenvalue weighted by Gasteiger charge is 2.31. The molecule has 0 unspecified atom stereocenters. The van der Waals surface area contributed by atoms with Gasteiger partial charge in [-0.15, -0.1) is 0 Å². The Bertz CT molecular complexity index is 792. The van der Waals surface area contributed by atoms with Gasteiger partial charge >= 0.3 is 0 Å². The Balaban J connectivity index is 0.00000280. The van der Waals surface area contributed by atoms with Crippen molar-refractivity contribution in [2.45, 2.75) is 78.4 Å². The minimum Gasteiger partial charge on any atom is -0.378 e. The molecular weight excluding hydrogens is 340 g/mol. The number of nitrogens with one attached hydrogen (secondary N) is 1. The third-order valence-corrected chi connectivity index (χ3v) is 5.64. The van der Waals surface area contributed by atoms with Crippen LogP contribution in [0, 0.1) is 19.8 Å². The highest BCUT2D eigenvalue weighted by Crippen LogP contribution is 2.30. The highest BCUT2D eigenvalue weighted by atomic mass is 16.5. The first kappa shape index (κ1) is 19.8. The molecule has 1 aliphatic carbocycles. The zero-order valence-electron chi connectivity index (χ0n) is 17.0. The Morgan fingerprint density at radius 1 is 1.37 bits per heavy atom. The van der Waals surface area contributed by atoms with Gasteiger partial charge in [0.2, 0.25) is 0 Å². The normalized spacial score (nSPS) is 22.9. The fourth-order valence-electron chi connectivity index (χ4n) is 4.09. The molecule has 3 rings (SSSR count). The number of aromatic nitrogens is 3. The van der Waals surface area contributed by atoms with Crippen molar-refractivity contribution in [3.8, 4) is 0 Å². The predicted molar refractivity (Wildman–Crippen MR) is 108 cm³/mol. The summed E-state index contributed by atoms with van der Waals surface area (Å²) in [6.45, 7) is 9.18. The molecule has 0 bridgehead atoms. The van der Waals surface area contributed by atoms with Crippen molar-refractivity contribution in [3.05, 3.63) is 29.5 Å². The van der Waals surface area contributed by atoms with Gasteiger partial charge in [-0.3, -0.25) is 9.20 Å². The molecule has 0 aromatic carbocycles. The zero-order valence-corrected chi connectivity index (χ0v) is 17.0. The molecule has 2 heterocycles. The van der Waals surface area contributed by atoms with Crippen LogP contribution in [-0.2, 0) is 4.74 Å². The largest absolute Gasteiger partial charge is 0.378 e. The smallest absolute Gasteiger partial charge is 0.274 e. The van der Waals surface area contributed by atoms with E-state index in [-0.39, 0.29) is 13.4 Å². The van der Waals surface area contributed by atoms with Crippen LogP contribution in [0.15, 0.2) is 12.4 Å². The Hall–Kier alpha value is -1.95. The molecule has 3 atom stereocenters. The number of rotatable bonds is 7. The molecular formula is C21H34N4O2. The van der Waals surface area contributed by atoms with Crippen molar-refractivity contribution >= 4 is 11.6 Å². The lowest BCUT2D eigenvalue weighted by Gasteiger charge is -2.36. The van der Waals surface area contributed by atoms with E-state index < -0.39 is 0 Å². The van der Waals surface area contributed by atoms with E-state index in [4.69, 9.17) is 4.74 Å². The van der Waals surface area contributed by atoms with Crippen LogP contribution in [0.1, 0.15) is 75.7 Å². The summed E-state index contributed by atoms with van der Waals surface area (Å²) in [4.78, 5) is 21.7. The number of aryl methyl sites for hydroxylation is 2. The molecule has 6 heteroatoms. The first-order chi connectivity index (χ1) is 13.0. The van der Waals surface area contributed by atoms with Gasteiger partial charge in [-0.1, -0.05) is 26.7 Å². The summed E-state index contributed by atoms with van der Waals surface area (Å²) in [6.07, 6.45) is 8.30. The summed E-state index contributed by atoms with van der Waals surface area (Å²) < 4.78 is 7.97. The maximum absolute atomic E-state index is 12.8. The van der Waals surface area contributed by atoms with Crippen LogP contribution in [-0.4, -0.2) is 39.0 Å². The lowest BCUT2D eigenvalue weighted by Crippen LogP contribution is -2.43. The summed E-state index contributed by atoms with van der Waals surface area (Å²) in [5.74, 6) is 0.377. The number of unbranched alkanes of at least 4 members (excludes halogenated alkanes) is 1. The van der Waals surface area contributed by atoms with Gasteiger partial charge in [-0.2, -0.15) is 0 Å². The van der Waals surface area contributed by atoms with Gasteiger partial charge in [0, 0.05) is 25.5 Å². The SMILES string of the molecule is CCCCO[C@H]1CC[C@H](NC(=O)c2ncn3c(C)cc(C)nc23)C[C@@H]1CC.[HH]. The van der Waals surface area contributed by atoms with Gasteiger partial charge in [-0.05, 0) is 51.5 Å². The van der Waals surface area contributed by atoms with Gasteiger partial charge in [0.15, 0.2) is 11.3 Å². The second-order valence-electron chi connectivity index (χ2n) is 7.74. The number of hydrogen-bond acceptors (Lipinski definition) is 4. The lowest BCUT2D eigenvalue weighted by molar-refractivity contribution is -0.0194. The third-order valence-electron chi connectivity index (χ3n) is 5.64.